The Morgan fingerprint density at radius 2 is 1.18 bits per heavy atom. The maximum Gasteiger partial charge on any atom is 0.0204 e. The molecule has 3 aliphatic carbocycles. The molecule has 7 aromatic carbocycles. The van der Waals surface area contributed by atoms with Gasteiger partial charge in [0.2, 0.25) is 0 Å². The van der Waals surface area contributed by atoms with Crippen LogP contribution in [-0.2, 0) is 6.42 Å². The molecule has 0 bridgehead atoms. The Kier molecular flexibility index (Phi) is 6.30. The summed E-state index contributed by atoms with van der Waals surface area (Å²) in [5.74, 6) is 0. The first-order valence-corrected chi connectivity index (χ1v) is 18.9. The SMILES string of the molecule is C1=CC2=C(CCC1)Sc1ccc(-c3ccc(-c4c5c(c(-c6ccccc6)c6c4-c4cccc7cccc-6c47)CCC=C5)cc3)c3cccc2c13. The molecule has 0 N–H and O–H groups in total. The minimum absolute atomic E-state index is 1.05. The smallest absolute Gasteiger partial charge is 0.0204 e. The van der Waals surface area contributed by atoms with Crippen LogP contribution in [0, 0.1) is 0 Å². The van der Waals surface area contributed by atoms with Gasteiger partial charge in [-0.2, -0.15) is 0 Å². The van der Waals surface area contributed by atoms with Gasteiger partial charge in [0.25, 0.3) is 0 Å². The molecule has 11 rings (SSSR count). The Labute approximate surface area is 297 Å². The minimum Gasteiger partial charge on any atom is -0.0932 e. The molecule has 7 aromatic rings. The number of hydrogen-bond acceptors (Lipinski definition) is 1. The predicted octanol–water partition coefficient (Wildman–Crippen LogP) is 14.2. The van der Waals surface area contributed by atoms with Crippen molar-refractivity contribution in [2.75, 3.05) is 0 Å². The van der Waals surface area contributed by atoms with Crippen LogP contribution in [0.1, 0.15) is 42.4 Å². The van der Waals surface area contributed by atoms with Gasteiger partial charge < -0.3 is 0 Å². The number of benzene rings is 7. The van der Waals surface area contributed by atoms with Crippen LogP contribution in [-0.4, -0.2) is 0 Å². The fourth-order valence-corrected chi connectivity index (χ4v) is 10.5. The first kappa shape index (κ1) is 28.5. The van der Waals surface area contributed by atoms with Crippen molar-refractivity contribution < 1.29 is 0 Å². The number of allylic oxidation sites excluding steroid dienone is 5. The van der Waals surface area contributed by atoms with Crippen molar-refractivity contribution in [1.82, 2.24) is 0 Å². The third-order valence-electron chi connectivity index (χ3n) is 11.4. The second kappa shape index (κ2) is 11.1. The lowest BCUT2D eigenvalue weighted by molar-refractivity contribution is 0.868. The first-order valence-electron chi connectivity index (χ1n) is 18.1. The zero-order valence-corrected chi connectivity index (χ0v) is 28.6. The molecule has 0 aromatic heterocycles. The van der Waals surface area contributed by atoms with E-state index in [9.17, 15) is 0 Å². The second-order valence-corrected chi connectivity index (χ2v) is 15.2. The maximum atomic E-state index is 2.41. The summed E-state index contributed by atoms with van der Waals surface area (Å²) >= 11 is 1.99. The molecule has 0 saturated heterocycles. The van der Waals surface area contributed by atoms with Crippen LogP contribution in [0.15, 0.2) is 149 Å². The van der Waals surface area contributed by atoms with Gasteiger partial charge in [0.15, 0.2) is 0 Å². The van der Waals surface area contributed by atoms with Crippen molar-refractivity contribution in [2.45, 2.75) is 37.0 Å². The molecule has 4 aliphatic rings. The van der Waals surface area contributed by atoms with Crippen molar-refractivity contribution in [3.63, 3.8) is 0 Å². The van der Waals surface area contributed by atoms with Crippen molar-refractivity contribution in [3.8, 4) is 55.6 Å². The Morgan fingerprint density at radius 3 is 2.02 bits per heavy atom. The topological polar surface area (TPSA) is 0 Å². The lowest BCUT2D eigenvalue weighted by atomic mass is 9.77. The zero-order chi connectivity index (χ0) is 32.8. The average Bonchev–Trinajstić information content (AvgIpc) is 3.32. The lowest BCUT2D eigenvalue weighted by Gasteiger charge is -2.26. The summed E-state index contributed by atoms with van der Waals surface area (Å²) in [6.07, 6.45) is 15.2. The summed E-state index contributed by atoms with van der Waals surface area (Å²) in [7, 11) is 0. The normalized spacial score (nSPS) is 15.3. The van der Waals surface area contributed by atoms with Crippen LogP contribution in [0.25, 0.3) is 88.8 Å². The van der Waals surface area contributed by atoms with Gasteiger partial charge in [-0.15, -0.1) is 0 Å². The largest absolute Gasteiger partial charge is 0.0932 e. The van der Waals surface area contributed by atoms with Gasteiger partial charge in [0.1, 0.15) is 0 Å². The van der Waals surface area contributed by atoms with Gasteiger partial charge in [-0.1, -0.05) is 151 Å². The highest BCUT2D eigenvalue weighted by Gasteiger charge is 2.32. The molecule has 0 atom stereocenters. The zero-order valence-electron chi connectivity index (χ0n) is 27.8. The van der Waals surface area contributed by atoms with Crippen molar-refractivity contribution in [3.05, 3.63) is 161 Å². The van der Waals surface area contributed by atoms with Gasteiger partial charge in [0.05, 0.1) is 0 Å². The van der Waals surface area contributed by atoms with E-state index in [1.807, 2.05) is 11.8 Å². The standard InChI is InChI=1S/C49H34S/c1-3-12-32(13-4-1)45-38-17-7-8-18-39(38)46(49-41-22-10-15-31-14-9-21-40(44(31)41)48(45)49)33-26-24-30(25-27-33)34-28-29-43-47-36(34)19-11-20-37(47)35-16-5-2-6-23-42(35)50-43/h1,3-5,8-16,18-22,24-29H,2,6-7,17,23H2. The Morgan fingerprint density at radius 1 is 0.460 bits per heavy atom. The van der Waals surface area contributed by atoms with Gasteiger partial charge in [-0.05, 0) is 137 Å². The van der Waals surface area contributed by atoms with Crippen LogP contribution in [0.5, 0.6) is 0 Å². The predicted molar refractivity (Wildman–Crippen MR) is 215 cm³/mol. The van der Waals surface area contributed by atoms with E-state index in [1.54, 1.807) is 0 Å². The minimum atomic E-state index is 1.05. The Hall–Kier alpha value is -5.37. The molecule has 236 valence electrons. The number of thioether (sulfide) groups is 1. The van der Waals surface area contributed by atoms with E-state index < -0.39 is 0 Å². The molecule has 0 unspecified atom stereocenters. The fourth-order valence-electron chi connectivity index (χ4n) is 9.25. The Balaban J connectivity index is 1.13. The third kappa shape index (κ3) is 4.08. The highest BCUT2D eigenvalue weighted by molar-refractivity contribution is 8.03. The van der Waals surface area contributed by atoms with E-state index in [4.69, 9.17) is 0 Å². The van der Waals surface area contributed by atoms with Gasteiger partial charge in [-0.3, -0.25) is 0 Å². The highest BCUT2D eigenvalue weighted by atomic mass is 32.2. The van der Waals surface area contributed by atoms with Crippen LogP contribution in [0.3, 0.4) is 0 Å². The molecule has 0 saturated carbocycles. The summed E-state index contributed by atoms with van der Waals surface area (Å²) in [5.41, 5.74) is 19.1. The van der Waals surface area contributed by atoms with E-state index in [2.05, 4.69) is 146 Å². The van der Waals surface area contributed by atoms with Gasteiger partial charge in [0, 0.05) is 10.3 Å². The van der Waals surface area contributed by atoms with Gasteiger partial charge in [-0.25, -0.2) is 0 Å². The second-order valence-electron chi connectivity index (χ2n) is 14.1. The van der Waals surface area contributed by atoms with E-state index in [0.717, 1.165) is 19.3 Å². The van der Waals surface area contributed by atoms with E-state index >= 15 is 0 Å². The van der Waals surface area contributed by atoms with Crippen molar-refractivity contribution in [1.29, 1.82) is 0 Å². The third-order valence-corrected chi connectivity index (χ3v) is 12.6. The molecule has 0 fully saturated rings. The number of fused-ring (bicyclic) bond motifs is 5. The monoisotopic (exact) mass is 654 g/mol. The van der Waals surface area contributed by atoms with E-state index in [0.29, 0.717) is 0 Å². The quantitative estimate of drug-likeness (QED) is 0.183. The van der Waals surface area contributed by atoms with Crippen LogP contribution in [0.4, 0.5) is 0 Å². The molecule has 0 nitrogen and oxygen atoms in total. The molecular formula is C49H34S. The molecule has 0 amide bonds. The van der Waals surface area contributed by atoms with Crippen LogP contribution < -0.4 is 0 Å². The summed E-state index contributed by atoms with van der Waals surface area (Å²) in [6.45, 7) is 0. The molecule has 50 heavy (non-hydrogen) atoms. The maximum absolute atomic E-state index is 2.41. The molecule has 1 heteroatoms. The molecule has 1 heterocycles. The lowest BCUT2D eigenvalue weighted by Crippen LogP contribution is -2.04. The van der Waals surface area contributed by atoms with Crippen molar-refractivity contribution in [2.24, 2.45) is 0 Å². The van der Waals surface area contributed by atoms with Gasteiger partial charge >= 0.3 is 0 Å². The average molecular weight is 655 g/mol. The molecule has 0 radical (unpaired) electrons. The highest BCUT2D eigenvalue weighted by Crippen LogP contribution is 2.58. The fraction of sp³-hybridized carbons (Fsp3) is 0.102. The van der Waals surface area contributed by atoms with Crippen LogP contribution >= 0.6 is 11.8 Å². The van der Waals surface area contributed by atoms with E-state index in [-0.39, 0.29) is 0 Å². The summed E-state index contributed by atoms with van der Waals surface area (Å²) in [4.78, 5) is 2.92. The number of hydrogen-bond donors (Lipinski definition) is 0. The molecule has 1 aliphatic heterocycles. The first-order chi connectivity index (χ1) is 24.8. The molecule has 0 spiro atoms. The van der Waals surface area contributed by atoms with Crippen molar-refractivity contribution >= 4 is 45.0 Å². The molecular weight excluding hydrogens is 621 g/mol. The van der Waals surface area contributed by atoms with E-state index in [1.165, 1.54) is 122 Å². The summed E-state index contributed by atoms with van der Waals surface area (Å²) in [5, 5.41) is 5.45. The van der Waals surface area contributed by atoms with Crippen LogP contribution in [0.2, 0.25) is 0 Å². The number of rotatable bonds is 3. The summed E-state index contributed by atoms with van der Waals surface area (Å²) in [6, 6.07) is 46.0. The summed E-state index contributed by atoms with van der Waals surface area (Å²) < 4.78 is 0. The Bertz CT molecular complexity index is 2660.